The first-order chi connectivity index (χ1) is 7.65. The van der Waals surface area contributed by atoms with Crippen molar-refractivity contribution in [2.75, 3.05) is 11.1 Å². The maximum absolute atomic E-state index is 13.1. The molecule has 0 bridgehead atoms. The Morgan fingerprint density at radius 2 is 2.31 bits per heavy atom. The predicted molar refractivity (Wildman–Crippen MR) is 68.7 cm³/mol. The zero-order valence-corrected chi connectivity index (χ0v) is 10.3. The number of nitrogens with one attached hydrogen (secondary N) is 1. The monoisotopic (exact) mass is 238 g/mol. The summed E-state index contributed by atoms with van der Waals surface area (Å²) in [6, 6.07) is 5.11. The molecule has 16 heavy (non-hydrogen) atoms. The van der Waals surface area contributed by atoms with E-state index in [1.165, 1.54) is 12.1 Å². The molecule has 0 saturated heterocycles. The number of anilines is 1. The first kappa shape index (κ1) is 11.5. The highest BCUT2D eigenvalue weighted by Crippen LogP contribution is 2.22. The third-order valence-electron chi connectivity index (χ3n) is 2.55. The Kier molecular flexibility index (Phi) is 3.49. The van der Waals surface area contributed by atoms with E-state index in [0.29, 0.717) is 6.04 Å². The van der Waals surface area contributed by atoms with Gasteiger partial charge in [0.25, 0.3) is 0 Å². The van der Waals surface area contributed by atoms with Gasteiger partial charge in [-0.15, -0.1) is 0 Å². The van der Waals surface area contributed by atoms with Gasteiger partial charge in [-0.1, -0.05) is 17.8 Å². The van der Waals surface area contributed by atoms with E-state index in [-0.39, 0.29) is 5.82 Å². The first-order valence-corrected chi connectivity index (χ1v) is 6.37. The molecule has 1 aromatic rings. The second kappa shape index (κ2) is 4.87. The van der Waals surface area contributed by atoms with E-state index in [4.69, 9.17) is 0 Å². The van der Waals surface area contributed by atoms with E-state index in [1.54, 1.807) is 17.8 Å². The summed E-state index contributed by atoms with van der Waals surface area (Å²) in [6.45, 7) is 4.05. The van der Waals surface area contributed by atoms with Gasteiger partial charge in [0, 0.05) is 11.4 Å². The second-order valence-corrected chi connectivity index (χ2v) is 5.09. The van der Waals surface area contributed by atoms with Crippen LogP contribution in [-0.4, -0.2) is 17.0 Å². The van der Waals surface area contributed by atoms with E-state index in [0.717, 1.165) is 28.6 Å². The Labute approximate surface area is 99.3 Å². The minimum absolute atomic E-state index is 0.220. The predicted octanol–water partition coefficient (Wildman–Crippen LogP) is 3.43. The molecule has 0 saturated carbocycles. The van der Waals surface area contributed by atoms with E-state index < -0.39 is 0 Å². The minimum Gasteiger partial charge on any atom is -0.335 e. The lowest BCUT2D eigenvalue weighted by Gasteiger charge is -2.18. The fraction of sp³-hybridized carbons (Fsp3) is 0.417. The zero-order chi connectivity index (χ0) is 11.5. The second-order valence-electron chi connectivity index (χ2n) is 4.00. The maximum atomic E-state index is 13.1. The van der Waals surface area contributed by atoms with Crippen LogP contribution in [0.4, 0.5) is 10.1 Å². The normalized spacial score (nSPS) is 20.4. The van der Waals surface area contributed by atoms with Crippen LogP contribution in [0.5, 0.6) is 0 Å². The van der Waals surface area contributed by atoms with Gasteiger partial charge in [0.2, 0.25) is 0 Å². The van der Waals surface area contributed by atoms with Crippen LogP contribution >= 0.6 is 11.8 Å². The van der Waals surface area contributed by atoms with Crippen molar-refractivity contribution in [1.29, 1.82) is 0 Å². The summed E-state index contributed by atoms with van der Waals surface area (Å²) in [7, 11) is 0. The van der Waals surface area contributed by atoms with Crippen LogP contribution in [0.25, 0.3) is 0 Å². The molecule has 1 aliphatic heterocycles. The van der Waals surface area contributed by atoms with Crippen LogP contribution in [0.2, 0.25) is 0 Å². The van der Waals surface area contributed by atoms with Crippen LogP contribution in [0.15, 0.2) is 23.2 Å². The Bertz CT molecular complexity index is 417. The number of rotatable bonds is 1. The largest absolute Gasteiger partial charge is 0.335 e. The van der Waals surface area contributed by atoms with Crippen molar-refractivity contribution < 1.29 is 4.39 Å². The van der Waals surface area contributed by atoms with Gasteiger partial charge in [-0.2, -0.15) is 0 Å². The number of benzene rings is 1. The SMILES string of the molecule is Cc1ccc(F)cc1NC1=NC(C)CCS1. The molecule has 1 N–H and O–H groups in total. The fourth-order valence-corrected chi connectivity index (χ4v) is 2.63. The summed E-state index contributed by atoms with van der Waals surface area (Å²) in [5.41, 5.74) is 1.84. The van der Waals surface area contributed by atoms with Crippen molar-refractivity contribution >= 4 is 22.6 Å². The molecular weight excluding hydrogens is 223 g/mol. The molecule has 1 aromatic carbocycles. The average Bonchev–Trinajstić information content (AvgIpc) is 2.24. The Hall–Kier alpha value is -1.03. The van der Waals surface area contributed by atoms with Crippen LogP contribution < -0.4 is 5.32 Å². The van der Waals surface area contributed by atoms with Crippen molar-refractivity contribution in [2.45, 2.75) is 26.3 Å². The highest BCUT2D eigenvalue weighted by Gasteiger charge is 2.12. The van der Waals surface area contributed by atoms with E-state index in [9.17, 15) is 4.39 Å². The van der Waals surface area contributed by atoms with Crippen molar-refractivity contribution in [2.24, 2.45) is 4.99 Å². The number of hydrogen-bond donors (Lipinski definition) is 1. The van der Waals surface area contributed by atoms with Crippen molar-refractivity contribution in [3.8, 4) is 0 Å². The van der Waals surface area contributed by atoms with E-state index in [2.05, 4.69) is 17.2 Å². The maximum Gasteiger partial charge on any atom is 0.161 e. The number of hydrogen-bond acceptors (Lipinski definition) is 3. The van der Waals surface area contributed by atoms with Gasteiger partial charge < -0.3 is 5.32 Å². The number of nitrogens with zero attached hydrogens (tertiary/aromatic N) is 1. The lowest BCUT2D eigenvalue weighted by molar-refractivity contribution is 0.628. The molecule has 1 atom stereocenters. The first-order valence-electron chi connectivity index (χ1n) is 5.39. The summed E-state index contributed by atoms with van der Waals surface area (Å²) in [5, 5.41) is 4.09. The number of amidine groups is 1. The smallest absolute Gasteiger partial charge is 0.161 e. The van der Waals surface area contributed by atoms with Gasteiger partial charge in [-0.25, -0.2) is 4.39 Å². The molecule has 2 rings (SSSR count). The Balaban J connectivity index is 2.17. The van der Waals surface area contributed by atoms with Gasteiger partial charge >= 0.3 is 0 Å². The third kappa shape index (κ3) is 2.76. The molecule has 0 spiro atoms. The van der Waals surface area contributed by atoms with E-state index >= 15 is 0 Å². The van der Waals surface area contributed by atoms with Crippen LogP contribution in [0.1, 0.15) is 18.9 Å². The minimum atomic E-state index is -0.220. The van der Waals surface area contributed by atoms with Gasteiger partial charge in [0.05, 0.1) is 6.04 Å². The van der Waals surface area contributed by atoms with Crippen LogP contribution in [0.3, 0.4) is 0 Å². The molecule has 1 unspecified atom stereocenters. The molecule has 4 heteroatoms. The quantitative estimate of drug-likeness (QED) is 0.810. The van der Waals surface area contributed by atoms with Crippen molar-refractivity contribution in [3.63, 3.8) is 0 Å². The van der Waals surface area contributed by atoms with Crippen molar-refractivity contribution in [1.82, 2.24) is 0 Å². The standard InChI is InChI=1S/C12H15FN2S/c1-8-3-4-10(13)7-11(8)15-12-14-9(2)5-6-16-12/h3-4,7,9H,5-6H2,1-2H3,(H,14,15). The average molecular weight is 238 g/mol. The molecule has 0 aromatic heterocycles. The van der Waals surface area contributed by atoms with Crippen LogP contribution in [0, 0.1) is 12.7 Å². The lowest BCUT2D eigenvalue weighted by Crippen LogP contribution is -2.18. The van der Waals surface area contributed by atoms with Crippen molar-refractivity contribution in [3.05, 3.63) is 29.6 Å². The Morgan fingerprint density at radius 3 is 3.06 bits per heavy atom. The van der Waals surface area contributed by atoms with Gasteiger partial charge in [-0.3, -0.25) is 4.99 Å². The summed E-state index contributed by atoms with van der Waals surface area (Å²) in [5.74, 6) is 0.851. The zero-order valence-electron chi connectivity index (χ0n) is 9.46. The summed E-state index contributed by atoms with van der Waals surface area (Å²) < 4.78 is 13.1. The summed E-state index contributed by atoms with van der Waals surface area (Å²) >= 11 is 1.69. The van der Waals surface area contributed by atoms with Gasteiger partial charge in [0.15, 0.2) is 5.17 Å². The molecule has 86 valence electrons. The van der Waals surface area contributed by atoms with Gasteiger partial charge in [-0.05, 0) is 38.0 Å². The Morgan fingerprint density at radius 1 is 1.50 bits per heavy atom. The number of aliphatic imine (C=N–C) groups is 1. The highest BCUT2D eigenvalue weighted by molar-refractivity contribution is 8.14. The molecule has 0 aliphatic carbocycles. The number of aryl methyl sites for hydroxylation is 1. The fourth-order valence-electron chi connectivity index (χ4n) is 1.54. The number of halogens is 1. The summed E-state index contributed by atoms with van der Waals surface area (Å²) in [6.07, 6.45) is 1.11. The third-order valence-corrected chi connectivity index (χ3v) is 3.47. The molecular formula is C12H15FN2S. The molecule has 0 amide bonds. The number of thioether (sulfide) groups is 1. The lowest BCUT2D eigenvalue weighted by atomic mass is 10.2. The summed E-state index contributed by atoms with van der Waals surface area (Å²) in [4.78, 5) is 4.49. The molecule has 0 fully saturated rings. The molecule has 1 heterocycles. The van der Waals surface area contributed by atoms with Crippen LogP contribution in [-0.2, 0) is 0 Å². The topological polar surface area (TPSA) is 24.4 Å². The highest BCUT2D eigenvalue weighted by atomic mass is 32.2. The van der Waals surface area contributed by atoms with Gasteiger partial charge in [0.1, 0.15) is 5.82 Å². The van der Waals surface area contributed by atoms with E-state index in [1.807, 2.05) is 6.92 Å². The molecule has 2 nitrogen and oxygen atoms in total. The molecule has 1 aliphatic rings. The molecule has 0 radical (unpaired) electrons.